The highest BCUT2D eigenvalue weighted by molar-refractivity contribution is 7.99. The van der Waals surface area contributed by atoms with Crippen LogP contribution >= 0.6 is 11.8 Å². The largest absolute Gasteiger partial charge is 0.383 e. The SMILES string of the molecule is Nc1c2c(-c3ccccc3F)nc(N3CCSCC3)nc2nn1Cc1ccccc1. The molecule has 0 spiro atoms. The van der Waals surface area contributed by atoms with Crippen LogP contribution in [-0.2, 0) is 6.54 Å². The second-order valence-corrected chi connectivity index (χ2v) is 8.40. The van der Waals surface area contributed by atoms with E-state index in [1.807, 2.05) is 42.1 Å². The molecule has 5 rings (SSSR count). The number of anilines is 2. The molecule has 1 aliphatic heterocycles. The van der Waals surface area contributed by atoms with Crippen molar-refractivity contribution in [3.63, 3.8) is 0 Å². The molecular weight excluding hydrogens is 399 g/mol. The molecule has 0 saturated carbocycles. The van der Waals surface area contributed by atoms with E-state index in [0.717, 1.165) is 30.2 Å². The van der Waals surface area contributed by atoms with Crippen LogP contribution in [-0.4, -0.2) is 44.3 Å². The van der Waals surface area contributed by atoms with E-state index < -0.39 is 0 Å². The van der Waals surface area contributed by atoms with Crippen molar-refractivity contribution in [1.29, 1.82) is 0 Å². The molecule has 1 saturated heterocycles. The molecule has 0 unspecified atom stereocenters. The molecule has 2 aromatic carbocycles. The Morgan fingerprint density at radius 1 is 0.967 bits per heavy atom. The molecule has 152 valence electrons. The molecular formula is C22H21FN6S. The van der Waals surface area contributed by atoms with Crippen LogP contribution in [0.3, 0.4) is 0 Å². The Morgan fingerprint density at radius 2 is 1.70 bits per heavy atom. The van der Waals surface area contributed by atoms with Gasteiger partial charge in [0.25, 0.3) is 0 Å². The Morgan fingerprint density at radius 3 is 2.47 bits per heavy atom. The maximum Gasteiger partial charge on any atom is 0.228 e. The van der Waals surface area contributed by atoms with Crippen LogP contribution in [0, 0.1) is 5.82 Å². The van der Waals surface area contributed by atoms with Crippen molar-refractivity contribution in [2.24, 2.45) is 0 Å². The van der Waals surface area contributed by atoms with Crippen LogP contribution in [0.25, 0.3) is 22.3 Å². The lowest BCUT2D eigenvalue weighted by Crippen LogP contribution is -2.33. The van der Waals surface area contributed by atoms with Gasteiger partial charge in [0.2, 0.25) is 5.95 Å². The topological polar surface area (TPSA) is 72.9 Å². The number of nitrogen functional groups attached to an aromatic ring is 1. The highest BCUT2D eigenvalue weighted by Gasteiger charge is 2.23. The van der Waals surface area contributed by atoms with Gasteiger partial charge in [0, 0.05) is 30.2 Å². The second kappa shape index (κ2) is 7.95. The summed E-state index contributed by atoms with van der Waals surface area (Å²) in [5.41, 5.74) is 8.95. The first-order chi connectivity index (χ1) is 14.7. The van der Waals surface area contributed by atoms with Crippen LogP contribution in [0.4, 0.5) is 16.2 Å². The number of rotatable bonds is 4. The van der Waals surface area contributed by atoms with Gasteiger partial charge in [0.05, 0.1) is 17.6 Å². The Hall–Kier alpha value is -3.13. The van der Waals surface area contributed by atoms with Crippen LogP contribution < -0.4 is 10.6 Å². The van der Waals surface area contributed by atoms with E-state index in [9.17, 15) is 4.39 Å². The van der Waals surface area contributed by atoms with E-state index in [1.54, 1.807) is 22.9 Å². The van der Waals surface area contributed by atoms with E-state index in [2.05, 4.69) is 10.00 Å². The van der Waals surface area contributed by atoms with Gasteiger partial charge in [0.15, 0.2) is 5.65 Å². The zero-order valence-electron chi connectivity index (χ0n) is 16.3. The van der Waals surface area contributed by atoms with E-state index in [4.69, 9.17) is 15.7 Å². The minimum absolute atomic E-state index is 0.340. The highest BCUT2D eigenvalue weighted by Crippen LogP contribution is 2.34. The van der Waals surface area contributed by atoms with E-state index >= 15 is 0 Å². The number of thioether (sulfide) groups is 1. The lowest BCUT2D eigenvalue weighted by molar-refractivity contribution is 0.631. The van der Waals surface area contributed by atoms with E-state index in [0.29, 0.717) is 40.6 Å². The summed E-state index contributed by atoms with van der Waals surface area (Å²) in [5.74, 6) is 2.70. The number of aromatic nitrogens is 4. The fraction of sp³-hybridized carbons (Fsp3) is 0.227. The van der Waals surface area contributed by atoms with Gasteiger partial charge in [0.1, 0.15) is 11.6 Å². The van der Waals surface area contributed by atoms with Gasteiger partial charge < -0.3 is 10.6 Å². The van der Waals surface area contributed by atoms with Crippen LogP contribution in [0.2, 0.25) is 0 Å². The molecule has 0 atom stereocenters. The van der Waals surface area contributed by atoms with Crippen LogP contribution in [0.15, 0.2) is 54.6 Å². The van der Waals surface area contributed by atoms with Crippen molar-refractivity contribution in [3.8, 4) is 11.3 Å². The van der Waals surface area contributed by atoms with Crippen LogP contribution in [0.1, 0.15) is 5.56 Å². The first-order valence-electron chi connectivity index (χ1n) is 9.86. The molecule has 2 aromatic heterocycles. The predicted molar refractivity (Wildman–Crippen MR) is 120 cm³/mol. The summed E-state index contributed by atoms with van der Waals surface area (Å²) >= 11 is 1.91. The second-order valence-electron chi connectivity index (χ2n) is 7.18. The number of benzene rings is 2. The van der Waals surface area contributed by atoms with Gasteiger partial charge in [-0.25, -0.2) is 14.1 Å². The van der Waals surface area contributed by atoms with Crippen molar-refractivity contribution in [2.75, 3.05) is 35.2 Å². The summed E-state index contributed by atoms with van der Waals surface area (Å²) in [7, 11) is 0. The molecule has 4 aromatic rings. The average Bonchev–Trinajstić information content (AvgIpc) is 3.10. The van der Waals surface area contributed by atoms with Gasteiger partial charge in [-0.3, -0.25) is 0 Å². The van der Waals surface area contributed by atoms with Crippen molar-refractivity contribution in [2.45, 2.75) is 6.54 Å². The molecule has 0 aliphatic carbocycles. The maximum atomic E-state index is 14.7. The number of nitrogens with two attached hydrogens (primary N) is 1. The predicted octanol–water partition coefficient (Wildman–Crippen LogP) is 3.82. The van der Waals surface area contributed by atoms with Gasteiger partial charge in [-0.05, 0) is 17.7 Å². The molecule has 6 nitrogen and oxygen atoms in total. The minimum Gasteiger partial charge on any atom is -0.383 e. The van der Waals surface area contributed by atoms with Crippen molar-refractivity contribution in [3.05, 3.63) is 66.0 Å². The fourth-order valence-electron chi connectivity index (χ4n) is 3.67. The average molecular weight is 421 g/mol. The number of nitrogens with zero attached hydrogens (tertiary/aromatic N) is 5. The number of hydrogen-bond donors (Lipinski definition) is 1. The molecule has 1 fully saturated rings. The maximum absolute atomic E-state index is 14.7. The van der Waals surface area contributed by atoms with E-state index in [1.165, 1.54) is 6.07 Å². The van der Waals surface area contributed by atoms with Gasteiger partial charge in [-0.2, -0.15) is 16.7 Å². The van der Waals surface area contributed by atoms with Crippen LogP contribution in [0.5, 0.6) is 0 Å². The zero-order chi connectivity index (χ0) is 20.5. The van der Waals surface area contributed by atoms with Gasteiger partial charge in [-0.15, -0.1) is 5.10 Å². The molecule has 0 bridgehead atoms. The molecule has 0 amide bonds. The summed E-state index contributed by atoms with van der Waals surface area (Å²) in [4.78, 5) is 11.6. The third-order valence-corrected chi connectivity index (χ3v) is 6.17. The lowest BCUT2D eigenvalue weighted by atomic mass is 10.1. The summed E-state index contributed by atoms with van der Waals surface area (Å²) < 4.78 is 16.4. The quantitative estimate of drug-likeness (QED) is 0.541. The minimum atomic E-state index is -0.340. The summed E-state index contributed by atoms with van der Waals surface area (Å²) in [6.45, 7) is 2.22. The summed E-state index contributed by atoms with van der Waals surface area (Å²) in [5, 5.41) is 5.25. The fourth-order valence-corrected chi connectivity index (χ4v) is 4.58. The van der Waals surface area contributed by atoms with Crippen molar-refractivity contribution < 1.29 is 4.39 Å². The highest BCUT2D eigenvalue weighted by atomic mass is 32.2. The smallest absolute Gasteiger partial charge is 0.228 e. The monoisotopic (exact) mass is 420 g/mol. The molecule has 30 heavy (non-hydrogen) atoms. The first-order valence-corrected chi connectivity index (χ1v) is 11.0. The Labute approximate surface area is 177 Å². The third kappa shape index (κ3) is 3.47. The third-order valence-electron chi connectivity index (χ3n) is 5.23. The lowest BCUT2D eigenvalue weighted by Gasteiger charge is -2.26. The normalized spacial score (nSPS) is 14.4. The van der Waals surface area contributed by atoms with E-state index in [-0.39, 0.29) is 5.82 Å². The van der Waals surface area contributed by atoms with Gasteiger partial charge in [-0.1, -0.05) is 42.5 Å². The zero-order valence-corrected chi connectivity index (χ0v) is 17.1. The molecule has 2 N–H and O–H groups in total. The van der Waals surface area contributed by atoms with Gasteiger partial charge >= 0.3 is 0 Å². The summed E-state index contributed by atoms with van der Waals surface area (Å²) in [6.07, 6.45) is 0. The Bertz CT molecular complexity index is 1190. The Balaban J connectivity index is 1.69. The first kappa shape index (κ1) is 18.9. The Kier molecular flexibility index (Phi) is 5.00. The van der Waals surface area contributed by atoms with Crippen molar-refractivity contribution in [1.82, 2.24) is 19.7 Å². The standard InChI is InChI=1S/C22H21FN6S/c23-17-9-5-4-8-16(17)19-18-20(24)29(14-15-6-2-1-3-7-15)27-21(18)26-22(25-19)28-10-12-30-13-11-28/h1-9H,10-14,24H2. The molecule has 3 heterocycles. The number of hydrogen-bond acceptors (Lipinski definition) is 6. The van der Waals surface area contributed by atoms with Crippen molar-refractivity contribution >= 4 is 34.6 Å². The summed E-state index contributed by atoms with van der Waals surface area (Å²) in [6, 6.07) is 16.6. The molecule has 8 heteroatoms. The number of halogens is 1. The molecule has 1 aliphatic rings. The molecule has 0 radical (unpaired) electrons. The number of fused-ring (bicyclic) bond motifs is 1.